The van der Waals surface area contributed by atoms with Crippen molar-refractivity contribution in [3.8, 4) is 0 Å². The zero-order valence-corrected chi connectivity index (χ0v) is 10.3. The second-order valence-corrected chi connectivity index (χ2v) is 7.82. The molecule has 0 aromatic heterocycles. The van der Waals surface area contributed by atoms with E-state index in [2.05, 4.69) is 29.6 Å². The zero-order valence-electron chi connectivity index (χ0n) is 8.63. The van der Waals surface area contributed by atoms with Gasteiger partial charge in [0.2, 0.25) is 0 Å². The van der Waals surface area contributed by atoms with Crippen molar-refractivity contribution in [1.29, 1.82) is 0 Å². The summed E-state index contributed by atoms with van der Waals surface area (Å²) in [6, 6.07) is 0. The molecule has 2 fully saturated rings. The monoisotopic (exact) mass is 226 g/mol. The second-order valence-electron chi connectivity index (χ2n) is 4.71. The minimum absolute atomic E-state index is 0.531. The van der Waals surface area contributed by atoms with Crippen LogP contribution in [0.5, 0.6) is 0 Å². The molecule has 78 valence electrons. The molecule has 2 heteroatoms. The molecule has 1 saturated heterocycles. The molecule has 1 aliphatic heterocycles. The smallest absolute Gasteiger partial charge is 0.0794 e. The van der Waals surface area contributed by atoms with Crippen LogP contribution in [-0.4, -0.2) is 15.6 Å². The van der Waals surface area contributed by atoms with Crippen molar-refractivity contribution in [3.63, 3.8) is 0 Å². The van der Waals surface area contributed by atoms with E-state index in [4.69, 9.17) is 0 Å². The first-order valence-electron chi connectivity index (χ1n) is 5.88. The molecule has 14 heavy (non-hydrogen) atoms. The molecule has 0 radical (unpaired) electrons. The van der Waals surface area contributed by atoms with Gasteiger partial charge in [-0.15, -0.1) is 23.5 Å². The van der Waals surface area contributed by atoms with Crippen LogP contribution in [-0.2, 0) is 0 Å². The van der Waals surface area contributed by atoms with Gasteiger partial charge in [-0.25, -0.2) is 0 Å². The van der Waals surface area contributed by atoms with Crippen LogP contribution in [0.4, 0.5) is 0 Å². The molecule has 0 amide bonds. The summed E-state index contributed by atoms with van der Waals surface area (Å²) in [5.41, 5.74) is 1.82. The van der Waals surface area contributed by atoms with Crippen molar-refractivity contribution in [1.82, 2.24) is 0 Å². The molecule has 3 rings (SSSR count). The highest BCUT2D eigenvalue weighted by Crippen LogP contribution is 2.54. The van der Waals surface area contributed by atoms with Gasteiger partial charge in [0, 0.05) is 11.5 Å². The Morgan fingerprint density at radius 2 is 2.00 bits per heavy atom. The van der Waals surface area contributed by atoms with E-state index in [1.165, 1.54) is 50.0 Å². The highest BCUT2D eigenvalue weighted by Gasteiger charge is 2.38. The van der Waals surface area contributed by atoms with Crippen LogP contribution >= 0.6 is 23.5 Å². The third-order valence-corrected chi connectivity index (χ3v) is 7.22. The molecule has 1 spiro atoms. The van der Waals surface area contributed by atoms with Crippen LogP contribution in [0.2, 0.25) is 0 Å². The third-order valence-electron chi connectivity index (χ3n) is 3.82. The van der Waals surface area contributed by atoms with E-state index in [1.807, 2.05) is 5.57 Å². The lowest BCUT2D eigenvalue weighted by Gasteiger charge is -2.37. The molecule has 1 saturated carbocycles. The van der Waals surface area contributed by atoms with Gasteiger partial charge in [-0.1, -0.05) is 18.1 Å². The minimum Gasteiger partial charge on any atom is -0.139 e. The van der Waals surface area contributed by atoms with Crippen LogP contribution in [0.25, 0.3) is 0 Å². The number of thioether (sulfide) groups is 2. The van der Waals surface area contributed by atoms with Crippen molar-refractivity contribution in [3.05, 3.63) is 11.6 Å². The SMILES string of the molecule is C1=C2CCCCC2CCC12SCCS2. The Bertz CT molecular complexity index is 251. The molecule has 0 bridgehead atoms. The van der Waals surface area contributed by atoms with Crippen LogP contribution in [0.15, 0.2) is 11.6 Å². The molecular formula is C12H18S2. The van der Waals surface area contributed by atoms with E-state index < -0.39 is 0 Å². The van der Waals surface area contributed by atoms with Gasteiger partial charge in [0.1, 0.15) is 0 Å². The maximum absolute atomic E-state index is 2.67. The molecule has 1 atom stereocenters. The van der Waals surface area contributed by atoms with Crippen molar-refractivity contribution in [2.24, 2.45) is 5.92 Å². The van der Waals surface area contributed by atoms with E-state index >= 15 is 0 Å². The maximum atomic E-state index is 2.67. The number of hydrogen-bond acceptors (Lipinski definition) is 2. The summed E-state index contributed by atoms with van der Waals surface area (Å²) < 4.78 is 0.531. The largest absolute Gasteiger partial charge is 0.139 e. The van der Waals surface area contributed by atoms with Crippen molar-refractivity contribution >= 4 is 23.5 Å². The van der Waals surface area contributed by atoms with Gasteiger partial charge in [-0.05, 0) is 38.0 Å². The first-order chi connectivity index (χ1) is 6.88. The van der Waals surface area contributed by atoms with Crippen molar-refractivity contribution in [2.45, 2.75) is 42.6 Å². The van der Waals surface area contributed by atoms with E-state index in [-0.39, 0.29) is 0 Å². The summed E-state index contributed by atoms with van der Waals surface area (Å²) in [6.45, 7) is 0. The molecule has 0 nitrogen and oxygen atoms in total. The lowest BCUT2D eigenvalue weighted by molar-refractivity contribution is 0.399. The van der Waals surface area contributed by atoms with Gasteiger partial charge in [0.15, 0.2) is 0 Å². The Morgan fingerprint density at radius 1 is 1.14 bits per heavy atom. The molecule has 0 aromatic carbocycles. The average Bonchev–Trinajstić information content (AvgIpc) is 2.66. The summed E-state index contributed by atoms with van der Waals surface area (Å²) in [5, 5.41) is 0. The number of hydrogen-bond donors (Lipinski definition) is 0. The van der Waals surface area contributed by atoms with Crippen LogP contribution in [0.1, 0.15) is 38.5 Å². The molecule has 0 aromatic rings. The summed E-state index contributed by atoms with van der Waals surface area (Å²) in [6.07, 6.45) is 11.4. The zero-order chi connectivity index (χ0) is 9.43. The topological polar surface area (TPSA) is 0 Å². The number of fused-ring (bicyclic) bond motifs is 1. The van der Waals surface area contributed by atoms with Crippen LogP contribution in [0, 0.1) is 5.92 Å². The minimum atomic E-state index is 0.531. The van der Waals surface area contributed by atoms with Crippen LogP contribution < -0.4 is 0 Å². The highest BCUT2D eigenvalue weighted by atomic mass is 32.2. The Labute approximate surface area is 95.3 Å². The number of rotatable bonds is 0. The first-order valence-corrected chi connectivity index (χ1v) is 7.85. The Hall–Kier alpha value is 0.440. The quantitative estimate of drug-likeness (QED) is 0.571. The predicted molar refractivity (Wildman–Crippen MR) is 66.9 cm³/mol. The Morgan fingerprint density at radius 3 is 2.86 bits per heavy atom. The normalized spacial score (nSPS) is 35.4. The predicted octanol–water partition coefficient (Wildman–Crippen LogP) is 4.07. The molecule has 1 unspecified atom stereocenters. The second kappa shape index (κ2) is 3.79. The molecule has 3 aliphatic rings. The lowest BCUT2D eigenvalue weighted by atomic mass is 9.77. The summed E-state index contributed by atoms with van der Waals surface area (Å²) in [5.74, 6) is 3.73. The third kappa shape index (κ3) is 1.65. The molecule has 0 N–H and O–H groups in total. The fourth-order valence-electron chi connectivity index (χ4n) is 3.06. The van der Waals surface area contributed by atoms with Gasteiger partial charge in [-0.3, -0.25) is 0 Å². The van der Waals surface area contributed by atoms with E-state index in [0.717, 1.165) is 5.92 Å². The highest BCUT2D eigenvalue weighted by molar-refractivity contribution is 8.21. The number of allylic oxidation sites excluding steroid dienone is 1. The Kier molecular flexibility index (Phi) is 2.61. The summed E-state index contributed by atoms with van der Waals surface area (Å²) in [4.78, 5) is 0. The summed E-state index contributed by atoms with van der Waals surface area (Å²) >= 11 is 4.42. The van der Waals surface area contributed by atoms with Gasteiger partial charge in [-0.2, -0.15) is 0 Å². The fraction of sp³-hybridized carbons (Fsp3) is 0.833. The molecule has 2 aliphatic carbocycles. The maximum Gasteiger partial charge on any atom is 0.0794 e. The standard InChI is InChI=1S/C12H18S2/c1-2-4-11-9-12(13-7-8-14-12)6-5-10(11)3-1/h9-10H,1-8H2. The molecule has 1 heterocycles. The van der Waals surface area contributed by atoms with Gasteiger partial charge in [0.05, 0.1) is 4.08 Å². The summed E-state index contributed by atoms with van der Waals surface area (Å²) in [7, 11) is 0. The van der Waals surface area contributed by atoms with Gasteiger partial charge < -0.3 is 0 Å². The van der Waals surface area contributed by atoms with E-state index in [0.29, 0.717) is 4.08 Å². The van der Waals surface area contributed by atoms with Gasteiger partial charge >= 0.3 is 0 Å². The van der Waals surface area contributed by atoms with E-state index in [9.17, 15) is 0 Å². The van der Waals surface area contributed by atoms with E-state index in [1.54, 1.807) is 0 Å². The van der Waals surface area contributed by atoms with Crippen molar-refractivity contribution in [2.75, 3.05) is 11.5 Å². The van der Waals surface area contributed by atoms with Crippen LogP contribution in [0.3, 0.4) is 0 Å². The fourth-order valence-corrected chi connectivity index (χ4v) is 6.24. The average molecular weight is 226 g/mol. The van der Waals surface area contributed by atoms with Gasteiger partial charge in [0.25, 0.3) is 0 Å². The first kappa shape index (κ1) is 9.65. The Balaban J connectivity index is 1.84. The van der Waals surface area contributed by atoms with Crippen molar-refractivity contribution < 1.29 is 0 Å². The lowest BCUT2D eigenvalue weighted by Crippen LogP contribution is -2.25. The molecular weight excluding hydrogens is 208 g/mol.